The second-order valence-electron chi connectivity index (χ2n) is 2.74. The van der Waals surface area contributed by atoms with Crippen LogP contribution in [-0.4, -0.2) is 28.5 Å². The lowest BCUT2D eigenvalue weighted by Crippen LogP contribution is -2.04. The minimum Gasteiger partial charge on any atom is -0.507 e. The first-order valence-corrected chi connectivity index (χ1v) is 4.03. The molecule has 0 aliphatic carbocycles. The van der Waals surface area contributed by atoms with E-state index in [2.05, 4.69) is 6.58 Å². The summed E-state index contributed by atoms with van der Waals surface area (Å²) in [6, 6.07) is 0. The highest BCUT2D eigenvalue weighted by atomic mass is 16.3. The van der Waals surface area contributed by atoms with Gasteiger partial charge in [-0.05, 0) is 25.0 Å². The van der Waals surface area contributed by atoms with E-state index in [1.54, 1.807) is 19.9 Å². The van der Waals surface area contributed by atoms with Crippen molar-refractivity contribution in [1.82, 2.24) is 0 Å². The first kappa shape index (κ1) is 11.9. The van der Waals surface area contributed by atoms with Gasteiger partial charge in [0.15, 0.2) is 0 Å². The lowest BCUT2D eigenvalue weighted by Gasteiger charge is -2.09. The summed E-state index contributed by atoms with van der Waals surface area (Å²) in [6.45, 7) is 6.40. The van der Waals surface area contributed by atoms with Crippen molar-refractivity contribution in [3.05, 3.63) is 35.1 Å². The van der Waals surface area contributed by atoms with Gasteiger partial charge in [-0.15, -0.1) is 0 Å². The molecule has 3 heteroatoms. The Morgan fingerprint density at radius 3 is 2.08 bits per heavy atom. The Balaban J connectivity index is 5.09. The van der Waals surface area contributed by atoms with Gasteiger partial charge in [0.25, 0.3) is 0 Å². The molecule has 0 rings (SSSR count). The summed E-state index contributed by atoms with van der Waals surface area (Å²) in [4.78, 5) is 0. The number of hydrogen-bond donors (Lipinski definition) is 3. The summed E-state index contributed by atoms with van der Waals surface area (Å²) < 4.78 is 0. The molecule has 0 spiro atoms. The minimum atomic E-state index is -0.307. The van der Waals surface area contributed by atoms with E-state index in [-0.39, 0.29) is 19.0 Å². The summed E-state index contributed by atoms with van der Waals surface area (Å²) in [7, 11) is 0. The highest BCUT2D eigenvalue weighted by Gasteiger charge is 2.09. The van der Waals surface area contributed by atoms with Gasteiger partial charge < -0.3 is 15.3 Å². The average molecular weight is 184 g/mol. The predicted molar refractivity (Wildman–Crippen MR) is 52.4 cm³/mol. The molecule has 13 heavy (non-hydrogen) atoms. The molecular formula is C10H16O3. The van der Waals surface area contributed by atoms with Crippen LogP contribution in [0.5, 0.6) is 0 Å². The summed E-state index contributed by atoms with van der Waals surface area (Å²) in [5, 5.41) is 27.4. The van der Waals surface area contributed by atoms with E-state index in [0.717, 1.165) is 0 Å². The Morgan fingerprint density at radius 2 is 1.85 bits per heavy atom. The van der Waals surface area contributed by atoms with Gasteiger partial charge in [0, 0.05) is 5.57 Å². The molecule has 0 amide bonds. The van der Waals surface area contributed by atoms with Gasteiger partial charge in [-0.1, -0.05) is 12.7 Å². The maximum Gasteiger partial charge on any atom is 0.123 e. The van der Waals surface area contributed by atoms with Crippen LogP contribution in [-0.2, 0) is 0 Å². The average Bonchev–Trinajstić information content (AvgIpc) is 2.12. The molecule has 0 aromatic heterocycles. The zero-order valence-corrected chi connectivity index (χ0v) is 8.04. The predicted octanol–water partition coefficient (Wildman–Crippen LogP) is 1.31. The van der Waals surface area contributed by atoms with Gasteiger partial charge in [-0.3, -0.25) is 0 Å². The molecular weight excluding hydrogens is 168 g/mol. The standard InChI is InChI=1S/C10H16O3/c1-4-8(5-11)9(6-12)10(13)7(2)3/h4,11-13H,2,5-6H2,1,3H3/b8-4-,10-9+. The molecule has 74 valence electrons. The molecule has 0 unspecified atom stereocenters. The molecule has 3 N–H and O–H groups in total. The fourth-order valence-corrected chi connectivity index (χ4v) is 0.947. The second kappa shape index (κ2) is 5.56. The summed E-state index contributed by atoms with van der Waals surface area (Å²) in [5.74, 6) is -0.0512. The summed E-state index contributed by atoms with van der Waals surface area (Å²) in [6.07, 6.45) is 1.64. The molecule has 3 nitrogen and oxygen atoms in total. The number of hydrogen-bond acceptors (Lipinski definition) is 3. The van der Waals surface area contributed by atoms with Crippen molar-refractivity contribution in [2.75, 3.05) is 13.2 Å². The lowest BCUT2D eigenvalue weighted by atomic mass is 10.0. The van der Waals surface area contributed by atoms with Crippen molar-refractivity contribution in [2.45, 2.75) is 13.8 Å². The normalized spacial score (nSPS) is 14.0. The third-order valence-corrected chi connectivity index (χ3v) is 1.75. The van der Waals surface area contributed by atoms with Crippen molar-refractivity contribution >= 4 is 0 Å². The van der Waals surface area contributed by atoms with E-state index in [1.807, 2.05) is 0 Å². The quantitative estimate of drug-likeness (QED) is 0.456. The monoisotopic (exact) mass is 184 g/mol. The zero-order valence-electron chi connectivity index (χ0n) is 8.04. The molecule has 0 atom stereocenters. The number of allylic oxidation sites excluding steroid dienone is 2. The van der Waals surface area contributed by atoms with Crippen LogP contribution in [0.4, 0.5) is 0 Å². The molecule has 0 saturated carbocycles. The fraction of sp³-hybridized carbons (Fsp3) is 0.400. The summed E-state index contributed by atoms with van der Waals surface area (Å²) >= 11 is 0. The van der Waals surface area contributed by atoms with Gasteiger partial charge >= 0.3 is 0 Å². The Morgan fingerprint density at radius 1 is 1.31 bits per heavy atom. The Labute approximate surface area is 78.3 Å². The molecule has 0 bridgehead atoms. The van der Waals surface area contributed by atoms with E-state index >= 15 is 0 Å². The molecule has 0 radical (unpaired) electrons. The van der Waals surface area contributed by atoms with Crippen LogP contribution in [0.25, 0.3) is 0 Å². The van der Waals surface area contributed by atoms with E-state index in [9.17, 15) is 5.11 Å². The first-order valence-electron chi connectivity index (χ1n) is 4.03. The zero-order chi connectivity index (χ0) is 10.4. The van der Waals surface area contributed by atoms with Crippen LogP contribution in [0.1, 0.15) is 13.8 Å². The van der Waals surface area contributed by atoms with Crippen molar-refractivity contribution < 1.29 is 15.3 Å². The number of rotatable bonds is 4. The molecule has 0 aromatic rings. The second-order valence-corrected chi connectivity index (χ2v) is 2.74. The molecule has 0 aliphatic rings. The van der Waals surface area contributed by atoms with Crippen molar-refractivity contribution in [3.8, 4) is 0 Å². The van der Waals surface area contributed by atoms with Crippen molar-refractivity contribution in [3.63, 3.8) is 0 Å². The highest BCUT2D eigenvalue weighted by molar-refractivity contribution is 5.39. The van der Waals surface area contributed by atoms with Crippen LogP contribution in [0, 0.1) is 0 Å². The third-order valence-electron chi connectivity index (χ3n) is 1.75. The SMILES string of the molecule is C=C(C)/C(O)=C(CO)\C(=C/C)CO. The van der Waals surface area contributed by atoms with Crippen molar-refractivity contribution in [1.29, 1.82) is 0 Å². The van der Waals surface area contributed by atoms with Gasteiger partial charge in [-0.25, -0.2) is 0 Å². The van der Waals surface area contributed by atoms with Crippen molar-refractivity contribution in [2.24, 2.45) is 0 Å². The molecule has 0 heterocycles. The van der Waals surface area contributed by atoms with Gasteiger partial charge in [0.05, 0.1) is 13.2 Å². The number of aliphatic hydroxyl groups is 3. The maximum absolute atomic E-state index is 9.49. The van der Waals surface area contributed by atoms with Crippen LogP contribution >= 0.6 is 0 Å². The first-order chi connectivity index (χ1) is 6.08. The van der Waals surface area contributed by atoms with E-state index in [4.69, 9.17) is 10.2 Å². The van der Waals surface area contributed by atoms with Crippen LogP contribution < -0.4 is 0 Å². The molecule has 0 aromatic carbocycles. The van der Waals surface area contributed by atoms with Gasteiger partial charge in [-0.2, -0.15) is 0 Å². The number of aliphatic hydroxyl groups excluding tert-OH is 3. The Bertz CT molecular complexity index is 249. The Kier molecular flexibility index (Phi) is 5.11. The highest BCUT2D eigenvalue weighted by Crippen LogP contribution is 2.16. The Hall–Kier alpha value is -1.06. The van der Waals surface area contributed by atoms with E-state index in [1.165, 1.54) is 0 Å². The molecule has 0 saturated heterocycles. The van der Waals surface area contributed by atoms with E-state index in [0.29, 0.717) is 16.7 Å². The molecule has 0 fully saturated rings. The smallest absolute Gasteiger partial charge is 0.123 e. The summed E-state index contributed by atoms with van der Waals surface area (Å²) in [5.41, 5.74) is 1.32. The minimum absolute atomic E-state index is 0.0512. The van der Waals surface area contributed by atoms with Crippen LogP contribution in [0.15, 0.2) is 35.1 Å². The van der Waals surface area contributed by atoms with Crippen LogP contribution in [0.3, 0.4) is 0 Å². The topological polar surface area (TPSA) is 60.7 Å². The van der Waals surface area contributed by atoms with E-state index < -0.39 is 0 Å². The lowest BCUT2D eigenvalue weighted by molar-refractivity contribution is 0.300. The fourth-order valence-electron chi connectivity index (χ4n) is 0.947. The maximum atomic E-state index is 9.49. The van der Waals surface area contributed by atoms with Crippen LogP contribution in [0.2, 0.25) is 0 Å². The molecule has 0 aliphatic heterocycles. The van der Waals surface area contributed by atoms with Gasteiger partial charge in [0.2, 0.25) is 0 Å². The third kappa shape index (κ3) is 3.05. The largest absolute Gasteiger partial charge is 0.507 e. The van der Waals surface area contributed by atoms with Gasteiger partial charge in [0.1, 0.15) is 5.76 Å².